The van der Waals surface area contributed by atoms with Crippen molar-refractivity contribution in [3.63, 3.8) is 0 Å². The first-order valence-electron chi connectivity index (χ1n) is 10.7. The molecule has 1 unspecified atom stereocenters. The van der Waals surface area contributed by atoms with E-state index in [-0.39, 0.29) is 11.9 Å². The molecule has 0 aliphatic heterocycles. The highest BCUT2D eigenvalue weighted by atomic mass is 35.5. The lowest BCUT2D eigenvalue weighted by Crippen LogP contribution is -2.19. The number of aryl methyl sites for hydroxylation is 2. The Bertz CT molecular complexity index is 898. The third kappa shape index (κ3) is 5.02. The van der Waals surface area contributed by atoms with Crippen LogP contribution >= 0.6 is 11.6 Å². The summed E-state index contributed by atoms with van der Waals surface area (Å²) in [5, 5.41) is 7.49. The van der Waals surface area contributed by atoms with Crippen LogP contribution in [-0.2, 0) is 11.2 Å². The van der Waals surface area contributed by atoms with E-state index in [4.69, 9.17) is 11.6 Å². The zero-order valence-electron chi connectivity index (χ0n) is 17.0. The Balaban J connectivity index is 1.47. The van der Waals surface area contributed by atoms with Crippen LogP contribution in [0.1, 0.15) is 61.3 Å². The van der Waals surface area contributed by atoms with Crippen LogP contribution in [0, 0.1) is 12.8 Å². The molecule has 1 amide bonds. The summed E-state index contributed by atoms with van der Waals surface area (Å²) >= 11 is 6.01. The SMILES string of the molecule is Cc1cc2c(cc1NC(=O)C=CC1CCCC1)CCCC2Nc1ccc(Cl)cc1. The largest absolute Gasteiger partial charge is 0.378 e. The fraction of sp³-hybridized carbons (Fsp3) is 0.400. The standard InChI is InChI=1S/C25H29ClN2O/c1-17-15-22-19(7-4-8-23(22)27-21-12-10-20(26)11-13-21)16-24(17)28-25(29)14-9-18-5-2-3-6-18/h9-16,18,23,27H,2-8H2,1H3,(H,28,29). The molecule has 2 aromatic carbocycles. The van der Waals surface area contributed by atoms with E-state index in [1.807, 2.05) is 24.3 Å². The van der Waals surface area contributed by atoms with Crippen molar-refractivity contribution in [3.05, 3.63) is 70.3 Å². The zero-order valence-corrected chi connectivity index (χ0v) is 17.8. The summed E-state index contributed by atoms with van der Waals surface area (Å²) in [5.41, 5.74) is 5.78. The Kier molecular flexibility index (Phi) is 6.25. The Morgan fingerprint density at radius 3 is 2.59 bits per heavy atom. The van der Waals surface area contributed by atoms with Gasteiger partial charge in [-0.15, -0.1) is 0 Å². The molecule has 0 bridgehead atoms. The van der Waals surface area contributed by atoms with Crippen LogP contribution in [0.4, 0.5) is 11.4 Å². The quantitative estimate of drug-likeness (QED) is 0.532. The number of fused-ring (bicyclic) bond motifs is 1. The summed E-state index contributed by atoms with van der Waals surface area (Å²) in [6.07, 6.45) is 12.1. The van der Waals surface area contributed by atoms with Crippen LogP contribution in [0.5, 0.6) is 0 Å². The Hall–Kier alpha value is -2.26. The molecule has 4 heteroatoms. The second kappa shape index (κ2) is 9.04. The first-order valence-corrected chi connectivity index (χ1v) is 11.1. The van der Waals surface area contributed by atoms with Crippen LogP contribution in [-0.4, -0.2) is 5.91 Å². The van der Waals surface area contributed by atoms with Gasteiger partial charge >= 0.3 is 0 Å². The van der Waals surface area contributed by atoms with Gasteiger partial charge in [0.1, 0.15) is 0 Å². The summed E-state index contributed by atoms with van der Waals surface area (Å²) < 4.78 is 0. The molecule has 1 fully saturated rings. The number of nitrogens with one attached hydrogen (secondary N) is 2. The maximum Gasteiger partial charge on any atom is 0.248 e. The number of carbonyl (C=O) groups is 1. The number of benzene rings is 2. The minimum absolute atomic E-state index is 0.0217. The van der Waals surface area contributed by atoms with Crippen molar-refractivity contribution in [1.29, 1.82) is 0 Å². The van der Waals surface area contributed by atoms with Crippen molar-refractivity contribution in [1.82, 2.24) is 0 Å². The molecular weight excluding hydrogens is 380 g/mol. The van der Waals surface area contributed by atoms with E-state index in [1.165, 1.54) is 36.8 Å². The predicted molar refractivity (Wildman–Crippen MR) is 122 cm³/mol. The maximum atomic E-state index is 12.4. The molecule has 1 saturated carbocycles. The Morgan fingerprint density at radius 2 is 1.83 bits per heavy atom. The number of hydrogen-bond donors (Lipinski definition) is 2. The molecule has 0 spiro atoms. The number of halogens is 1. The van der Waals surface area contributed by atoms with Crippen molar-refractivity contribution >= 4 is 28.9 Å². The number of anilines is 2. The first-order chi connectivity index (χ1) is 14.1. The second-order valence-electron chi connectivity index (χ2n) is 8.35. The highest BCUT2D eigenvalue weighted by Crippen LogP contribution is 2.36. The zero-order chi connectivity index (χ0) is 20.2. The number of hydrogen-bond acceptors (Lipinski definition) is 2. The molecular formula is C25H29ClN2O. The van der Waals surface area contributed by atoms with E-state index in [0.29, 0.717) is 5.92 Å². The molecule has 1 atom stereocenters. The highest BCUT2D eigenvalue weighted by molar-refractivity contribution is 6.30. The van der Waals surface area contributed by atoms with Crippen LogP contribution in [0.2, 0.25) is 5.02 Å². The van der Waals surface area contributed by atoms with Gasteiger partial charge in [0.15, 0.2) is 0 Å². The summed E-state index contributed by atoms with van der Waals surface area (Å²) in [6.45, 7) is 2.07. The third-order valence-electron chi connectivity index (χ3n) is 6.16. The van der Waals surface area contributed by atoms with E-state index in [9.17, 15) is 4.79 Å². The van der Waals surface area contributed by atoms with Crippen LogP contribution < -0.4 is 10.6 Å². The summed E-state index contributed by atoms with van der Waals surface area (Å²) in [4.78, 5) is 12.4. The van der Waals surface area contributed by atoms with Crippen molar-refractivity contribution in [2.45, 2.75) is 57.9 Å². The second-order valence-corrected chi connectivity index (χ2v) is 8.79. The lowest BCUT2D eigenvalue weighted by atomic mass is 9.86. The molecule has 0 radical (unpaired) electrons. The highest BCUT2D eigenvalue weighted by Gasteiger charge is 2.22. The predicted octanol–water partition coefficient (Wildman–Crippen LogP) is 6.82. The fourth-order valence-electron chi connectivity index (χ4n) is 4.55. The molecule has 152 valence electrons. The minimum Gasteiger partial charge on any atom is -0.378 e. The van der Waals surface area contributed by atoms with Gasteiger partial charge in [-0.1, -0.05) is 36.6 Å². The van der Waals surface area contributed by atoms with Crippen molar-refractivity contribution < 1.29 is 4.79 Å². The van der Waals surface area contributed by atoms with Gasteiger partial charge in [-0.25, -0.2) is 0 Å². The fourth-order valence-corrected chi connectivity index (χ4v) is 4.67. The van der Waals surface area contributed by atoms with Gasteiger partial charge in [-0.05, 0) is 98.0 Å². The third-order valence-corrected chi connectivity index (χ3v) is 6.42. The molecule has 29 heavy (non-hydrogen) atoms. The van der Waals surface area contributed by atoms with E-state index >= 15 is 0 Å². The molecule has 4 rings (SSSR count). The molecule has 2 aromatic rings. The van der Waals surface area contributed by atoms with Crippen molar-refractivity contribution in [2.24, 2.45) is 5.92 Å². The monoisotopic (exact) mass is 408 g/mol. The van der Waals surface area contributed by atoms with E-state index < -0.39 is 0 Å². The number of amides is 1. The molecule has 3 nitrogen and oxygen atoms in total. The van der Waals surface area contributed by atoms with Crippen LogP contribution in [0.3, 0.4) is 0 Å². The first kappa shape index (κ1) is 20.0. The van der Waals surface area contributed by atoms with Gasteiger partial charge in [0.05, 0.1) is 6.04 Å². The summed E-state index contributed by atoms with van der Waals surface area (Å²) in [7, 11) is 0. The van der Waals surface area contributed by atoms with Crippen LogP contribution in [0.25, 0.3) is 0 Å². The summed E-state index contributed by atoms with van der Waals surface area (Å²) in [5.74, 6) is 0.552. The Morgan fingerprint density at radius 1 is 1.07 bits per heavy atom. The van der Waals surface area contributed by atoms with E-state index in [2.05, 4.69) is 35.8 Å². The topological polar surface area (TPSA) is 41.1 Å². The van der Waals surface area contributed by atoms with E-state index in [0.717, 1.165) is 41.2 Å². The van der Waals surface area contributed by atoms with Crippen molar-refractivity contribution in [3.8, 4) is 0 Å². The smallest absolute Gasteiger partial charge is 0.248 e. The van der Waals surface area contributed by atoms with Crippen LogP contribution in [0.15, 0.2) is 48.6 Å². The maximum absolute atomic E-state index is 12.4. The van der Waals surface area contributed by atoms with Crippen molar-refractivity contribution in [2.75, 3.05) is 10.6 Å². The minimum atomic E-state index is -0.0217. The lowest BCUT2D eigenvalue weighted by molar-refractivity contribution is -0.111. The molecule has 0 aromatic heterocycles. The number of carbonyl (C=O) groups excluding carboxylic acids is 1. The van der Waals surface area contributed by atoms with Gasteiger partial charge < -0.3 is 10.6 Å². The summed E-state index contributed by atoms with van der Waals surface area (Å²) in [6, 6.07) is 12.6. The van der Waals surface area contributed by atoms with Gasteiger partial charge in [0.25, 0.3) is 0 Å². The van der Waals surface area contributed by atoms with Gasteiger partial charge in [0, 0.05) is 16.4 Å². The molecule has 0 saturated heterocycles. The molecule has 0 heterocycles. The average molecular weight is 409 g/mol. The molecule has 2 aliphatic rings. The molecule has 2 N–H and O–H groups in total. The van der Waals surface area contributed by atoms with Gasteiger partial charge in [-0.3, -0.25) is 4.79 Å². The number of rotatable bonds is 5. The Labute approximate surface area is 178 Å². The average Bonchev–Trinajstić information content (AvgIpc) is 3.23. The van der Waals surface area contributed by atoms with E-state index in [1.54, 1.807) is 6.08 Å². The number of allylic oxidation sites excluding steroid dienone is 1. The normalized spacial score (nSPS) is 19.3. The molecule has 2 aliphatic carbocycles. The van der Waals surface area contributed by atoms with Gasteiger partial charge in [0.2, 0.25) is 5.91 Å². The van der Waals surface area contributed by atoms with Gasteiger partial charge in [-0.2, -0.15) is 0 Å². The lowest BCUT2D eigenvalue weighted by Gasteiger charge is -2.28.